The average molecular weight is 328 g/mol. The molecule has 0 bridgehead atoms. The van der Waals surface area contributed by atoms with Crippen molar-refractivity contribution in [2.45, 2.75) is 65.4 Å². The van der Waals surface area contributed by atoms with Crippen molar-refractivity contribution in [2.75, 3.05) is 0 Å². The van der Waals surface area contributed by atoms with Crippen molar-refractivity contribution in [1.29, 1.82) is 0 Å². The lowest BCUT2D eigenvalue weighted by Gasteiger charge is -2.57. The maximum Gasteiger partial charge on any atom is 0.303 e. The van der Waals surface area contributed by atoms with Gasteiger partial charge < -0.3 is 4.74 Å². The summed E-state index contributed by atoms with van der Waals surface area (Å²) in [7, 11) is 0. The van der Waals surface area contributed by atoms with E-state index in [1.54, 1.807) is 0 Å². The number of ketones is 1. The van der Waals surface area contributed by atoms with Crippen LogP contribution < -0.4 is 0 Å². The lowest BCUT2D eigenvalue weighted by atomic mass is 9.47. The standard InChI is InChI=1S/C21H28O3/c1-13(22)24-18-12-14-15-7-8-19(23)21(15,3)11-9-16(14)20(2)10-5-4-6-17(18)20/h4-6,14-16,18H,7-12H2,1-3H3/t14-,15-,16-,18+,20+,21-/m0/s1. The summed E-state index contributed by atoms with van der Waals surface area (Å²) in [6.07, 6.45) is 12.3. The van der Waals surface area contributed by atoms with Gasteiger partial charge in [-0.25, -0.2) is 0 Å². The second-order valence-corrected chi connectivity index (χ2v) is 8.80. The van der Waals surface area contributed by atoms with Gasteiger partial charge in [-0.2, -0.15) is 0 Å². The van der Waals surface area contributed by atoms with Crippen molar-refractivity contribution >= 4 is 11.8 Å². The van der Waals surface area contributed by atoms with Crippen molar-refractivity contribution in [3.63, 3.8) is 0 Å². The van der Waals surface area contributed by atoms with Crippen LogP contribution in [0, 0.1) is 28.6 Å². The van der Waals surface area contributed by atoms with Crippen LogP contribution in [0.1, 0.15) is 59.3 Å². The molecule has 0 aromatic heterocycles. The monoisotopic (exact) mass is 328 g/mol. The predicted molar refractivity (Wildman–Crippen MR) is 92.2 cm³/mol. The van der Waals surface area contributed by atoms with E-state index in [1.165, 1.54) is 12.5 Å². The van der Waals surface area contributed by atoms with Crippen LogP contribution in [0.15, 0.2) is 23.8 Å². The smallest absolute Gasteiger partial charge is 0.303 e. The molecule has 3 heteroatoms. The number of ether oxygens (including phenoxy) is 1. The van der Waals surface area contributed by atoms with Crippen LogP contribution >= 0.6 is 0 Å². The molecule has 0 spiro atoms. The Morgan fingerprint density at radius 3 is 2.71 bits per heavy atom. The van der Waals surface area contributed by atoms with Crippen molar-refractivity contribution in [1.82, 2.24) is 0 Å². The maximum atomic E-state index is 12.5. The van der Waals surface area contributed by atoms with E-state index in [2.05, 4.69) is 32.1 Å². The summed E-state index contributed by atoms with van der Waals surface area (Å²) in [5.41, 5.74) is 1.24. The van der Waals surface area contributed by atoms with Gasteiger partial charge in [0.15, 0.2) is 0 Å². The van der Waals surface area contributed by atoms with Gasteiger partial charge in [-0.3, -0.25) is 9.59 Å². The Hall–Kier alpha value is -1.38. The second-order valence-electron chi connectivity index (χ2n) is 8.80. The second kappa shape index (κ2) is 5.31. The Morgan fingerprint density at radius 2 is 1.96 bits per heavy atom. The minimum atomic E-state index is -0.197. The number of hydrogen-bond acceptors (Lipinski definition) is 3. The van der Waals surface area contributed by atoms with E-state index in [1.807, 2.05) is 0 Å². The third kappa shape index (κ3) is 2.09. The molecule has 0 aromatic carbocycles. The Bertz CT molecular complexity index is 645. The molecule has 4 rings (SSSR count). The number of fused-ring (bicyclic) bond motifs is 5. The fourth-order valence-electron chi connectivity index (χ4n) is 6.50. The predicted octanol–water partition coefficient (Wildman–Crippen LogP) is 4.23. The van der Waals surface area contributed by atoms with Gasteiger partial charge in [0.2, 0.25) is 0 Å². The van der Waals surface area contributed by atoms with E-state index in [0.29, 0.717) is 23.5 Å². The normalized spacial score (nSPS) is 46.6. The van der Waals surface area contributed by atoms with Crippen LogP contribution in [0.3, 0.4) is 0 Å². The SMILES string of the molecule is CC(=O)O[C@@H]1C[C@@H]2[C@H](CC[C@]3(C)C(=O)CC[C@@H]23)[C@@]2(C)CC=CC=C12. The number of carbonyl (C=O) groups excluding carboxylic acids is 2. The zero-order valence-electron chi connectivity index (χ0n) is 15.0. The van der Waals surface area contributed by atoms with E-state index in [0.717, 1.165) is 38.5 Å². The fourth-order valence-corrected chi connectivity index (χ4v) is 6.50. The molecule has 3 fully saturated rings. The van der Waals surface area contributed by atoms with Gasteiger partial charge in [-0.1, -0.05) is 32.1 Å². The number of Topliss-reactive ketones (excluding diaryl/α,β-unsaturated/α-hetero) is 1. The molecule has 130 valence electrons. The van der Waals surface area contributed by atoms with Crippen LogP contribution in [-0.4, -0.2) is 17.9 Å². The number of allylic oxidation sites excluding steroid dienone is 3. The molecule has 3 nitrogen and oxygen atoms in total. The summed E-state index contributed by atoms with van der Waals surface area (Å²) in [5.74, 6) is 1.83. The van der Waals surface area contributed by atoms with E-state index in [9.17, 15) is 9.59 Å². The van der Waals surface area contributed by atoms with Crippen LogP contribution in [0.5, 0.6) is 0 Å². The van der Waals surface area contributed by atoms with Crippen LogP contribution in [0.25, 0.3) is 0 Å². The summed E-state index contributed by atoms with van der Waals surface area (Å²) >= 11 is 0. The first-order valence-corrected chi connectivity index (χ1v) is 9.44. The van der Waals surface area contributed by atoms with Crippen molar-refractivity contribution in [2.24, 2.45) is 28.6 Å². The number of esters is 1. The molecular weight excluding hydrogens is 300 g/mol. The molecule has 4 aliphatic carbocycles. The van der Waals surface area contributed by atoms with Crippen molar-refractivity contribution in [3.8, 4) is 0 Å². The molecule has 0 aromatic rings. The first kappa shape index (κ1) is 16.1. The van der Waals surface area contributed by atoms with Crippen molar-refractivity contribution in [3.05, 3.63) is 23.8 Å². The summed E-state index contributed by atoms with van der Waals surface area (Å²) < 4.78 is 5.76. The molecule has 6 atom stereocenters. The number of rotatable bonds is 1. The summed E-state index contributed by atoms with van der Waals surface area (Å²) in [6, 6.07) is 0. The van der Waals surface area contributed by atoms with E-state index in [4.69, 9.17) is 4.74 Å². The van der Waals surface area contributed by atoms with E-state index < -0.39 is 0 Å². The number of carbonyl (C=O) groups is 2. The molecule has 24 heavy (non-hydrogen) atoms. The van der Waals surface area contributed by atoms with Gasteiger partial charge in [0.05, 0.1) is 0 Å². The molecule has 0 amide bonds. The maximum absolute atomic E-state index is 12.5. The average Bonchev–Trinajstić information content (AvgIpc) is 2.82. The largest absolute Gasteiger partial charge is 0.458 e. The zero-order chi connectivity index (χ0) is 17.1. The Balaban J connectivity index is 1.73. The Morgan fingerprint density at radius 1 is 1.21 bits per heavy atom. The molecule has 4 aliphatic rings. The van der Waals surface area contributed by atoms with Crippen LogP contribution in [-0.2, 0) is 14.3 Å². The Labute approximate surface area is 144 Å². The molecule has 0 N–H and O–H groups in total. The van der Waals surface area contributed by atoms with Gasteiger partial charge in [-0.15, -0.1) is 0 Å². The third-order valence-corrected chi connectivity index (χ3v) is 7.72. The lowest BCUT2D eigenvalue weighted by molar-refractivity contribution is -0.153. The van der Waals surface area contributed by atoms with Gasteiger partial charge in [0, 0.05) is 18.8 Å². The summed E-state index contributed by atoms with van der Waals surface area (Å²) in [5, 5.41) is 0. The highest BCUT2D eigenvalue weighted by molar-refractivity contribution is 5.87. The summed E-state index contributed by atoms with van der Waals surface area (Å²) in [4.78, 5) is 24.2. The molecular formula is C21H28O3. The quantitative estimate of drug-likeness (QED) is 0.677. The zero-order valence-corrected chi connectivity index (χ0v) is 15.0. The molecule has 0 heterocycles. The van der Waals surface area contributed by atoms with Gasteiger partial charge in [0.1, 0.15) is 11.9 Å². The molecule has 3 saturated carbocycles. The third-order valence-electron chi connectivity index (χ3n) is 7.72. The van der Waals surface area contributed by atoms with E-state index in [-0.39, 0.29) is 22.9 Å². The highest BCUT2D eigenvalue weighted by Gasteiger charge is 2.60. The first-order valence-electron chi connectivity index (χ1n) is 9.44. The number of hydrogen-bond donors (Lipinski definition) is 0. The highest BCUT2D eigenvalue weighted by atomic mass is 16.5. The first-order chi connectivity index (χ1) is 11.4. The van der Waals surface area contributed by atoms with Crippen LogP contribution in [0.4, 0.5) is 0 Å². The summed E-state index contributed by atoms with van der Waals surface area (Å²) in [6.45, 7) is 6.06. The molecule has 0 saturated heterocycles. The van der Waals surface area contributed by atoms with Gasteiger partial charge in [-0.05, 0) is 60.8 Å². The minimum absolute atomic E-state index is 0.0742. The van der Waals surface area contributed by atoms with Crippen molar-refractivity contribution < 1.29 is 14.3 Å². The lowest BCUT2D eigenvalue weighted by Crippen LogP contribution is -2.53. The van der Waals surface area contributed by atoms with Gasteiger partial charge in [0.25, 0.3) is 0 Å². The van der Waals surface area contributed by atoms with Gasteiger partial charge >= 0.3 is 5.97 Å². The topological polar surface area (TPSA) is 43.4 Å². The Kier molecular flexibility index (Phi) is 3.56. The fraction of sp³-hybridized carbons (Fsp3) is 0.714. The minimum Gasteiger partial charge on any atom is -0.458 e. The van der Waals surface area contributed by atoms with Crippen LogP contribution in [0.2, 0.25) is 0 Å². The molecule has 0 radical (unpaired) electrons. The highest BCUT2D eigenvalue weighted by Crippen LogP contribution is 2.64. The molecule has 0 unspecified atom stereocenters. The molecule has 0 aliphatic heterocycles. The van der Waals surface area contributed by atoms with E-state index >= 15 is 0 Å².